The summed E-state index contributed by atoms with van der Waals surface area (Å²) >= 11 is 9.65. The zero-order valence-electron chi connectivity index (χ0n) is 16.0. The fraction of sp³-hybridized carbons (Fsp3) is 0.190. The Hall–Kier alpha value is -2.64. The molecule has 146 valence electrons. The molecule has 3 aromatic heterocycles. The van der Waals surface area contributed by atoms with Crippen LogP contribution >= 0.6 is 27.5 Å². The van der Waals surface area contributed by atoms with Crippen LogP contribution in [0.2, 0.25) is 5.02 Å². The molecule has 4 heterocycles. The number of amides is 1. The van der Waals surface area contributed by atoms with Gasteiger partial charge in [-0.3, -0.25) is 14.1 Å². The van der Waals surface area contributed by atoms with Crippen LogP contribution in [-0.2, 0) is 0 Å². The number of anilines is 1. The van der Waals surface area contributed by atoms with Gasteiger partial charge in [0.05, 0.1) is 21.5 Å². The minimum absolute atomic E-state index is 0.0381. The molecule has 1 amide bonds. The summed E-state index contributed by atoms with van der Waals surface area (Å²) in [7, 11) is 0. The van der Waals surface area contributed by atoms with Crippen LogP contribution in [0.5, 0.6) is 0 Å². The van der Waals surface area contributed by atoms with E-state index in [4.69, 9.17) is 11.6 Å². The molecular formula is C21H17BrClN5O. The quantitative estimate of drug-likeness (QED) is 0.441. The first-order chi connectivity index (χ1) is 13.9. The van der Waals surface area contributed by atoms with E-state index < -0.39 is 0 Å². The lowest BCUT2D eigenvalue weighted by molar-refractivity contribution is 0.0993. The number of hydrogen-bond donors (Lipinski definition) is 1. The fourth-order valence-electron chi connectivity index (χ4n) is 4.04. The van der Waals surface area contributed by atoms with Gasteiger partial charge in [0.1, 0.15) is 11.9 Å². The second-order valence-corrected chi connectivity index (χ2v) is 8.53. The van der Waals surface area contributed by atoms with Crippen LogP contribution in [0.1, 0.15) is 44.6 Å². The number of carbonyl (C=O) groups is 1. The van der Waals surface area contributed by atoms with Crippen molar-refractivity contribution in [2.45, 2.75) is 26.8 Å². The number of carbonyl (C=O) groups excluding carboxylic acids is 1. The van der Waals surface area contributed by atoms with Gasteiger partial charge in [-0.25, -0.2) is 0 Å². The maximum Gasteiger partial charge on any atom is 0.261 e. The normalized spacial score (nSPS) is 16.1. The highest BCUT2D eigenvalue weighted by Crippen LogP contribution is 2.44. The van der Waals surface area contributed by atoms with E-state index in [-0.39, 0.29) is 11.9 Å². The summed E-state index contributed by atoms with van der Waals surface area (Å²) < 4.78 is 2.75. The molecule has 1 unspecified atom stereocenters. The molecule has 1 atom stereocenters. The standard InChI is InChI=1S/C21H17BrClN5O/c1-10-8-15(9-27-12(3)25-26-20(10)27)28-18(13-4-6-14(23)7-5-13)17-16(21(28)29)11(2)19(22)24-17/h4-9,18,24H,1-3H3. The Bertz CT molecular complexity index is 1290. The number of hydrogen-bond acceptors (Lipinski definition) is 3. The lowest BCUT2D eigenvalue weighted by Gasteiger charge is -2.26. The van der Waals surface area contributed by atoms with Crippen LogP contribution in [0.4, 0.5) is 5.69 Å². The van der Waals surface area contributed by atoms with E-state index in [0.29, 0.717) is 10.6 Å². The molecule has 1 aliphatic rings. The van der Waals surface area contributed by atoms with Gasteiger partial charge in [-0.2, -0.15) is 0 Å². The molecule has 1 N–H and O–H groups in total. The smallest absolute Gasteiger partial charge is 0.261 e. The summed E-state index contributed by atoms with van der Waals surface area (Å²) in [6, 6.07) is 9.32. The molecule has 5 rings (SSSR count). The average molecular weight is 471 g/mol. The molecular weight excluding hydrogens is 454 g/mol. The minimum atomic E-state index is -0.284. The van der Waals surface area contributed by atoms with Crippen LogP contribution in [0.25, 0.3) is 5.65 Å². The highest BCUT2D eigenvalue weighted by Gasteiger charge is 2.42. The molecule has 29 heavy (non-hydrogen) atoms. The molecule has 6 nitrogen and oxygen atoms in total. The lowest BCUT2D eigenvalue weighted by atomic mass is 10.0. The molecule has 8 heteroatoms. The topological polar surface area (TPSA) is 66.3 Å². The SMILES string of the molecule is Cc1c(Br)[nH]c2c1C(=O)N(c1cc(C)c3nnc(C)n3c1)C2c1ccc(Cl)cc1. The van der Waals surface area contributed by atoms with Crippen molar-refractivity contribution in [1.29, 1.82) is 0 Å². The molecule has 0 radical (unpaired) electrons. The Morgan fingerprint density at radius 3 is 2.59 bits per heavy atom. The number of benzene rings is 1. The third-order valence-electron chi connectivity index (χ3n) is 5.49. The Kier molecular flexibility index (Phi) is 4.08. The number of aryl methyl sites for hydroxylation is 2. The molecule has 1 aliphatic heterocycles. The number of H-pyrrole nitrogens is 1. The van der Waals surface area contributed by atoms with E-state index in [1.807, 2.05) is 66.6 Å². The highest BCUT2D eigenvalue weighted by molar-refractivity contribution is 9.10. The van der Waals surface area contributed by atoms with Crippen LogP contribution in [-0.4, -0.2) is 25.5 Å². The van der Waals surface area contributed by atoms with Crippen molar-refractivity contribution in [1.82, 2.24) is 19.6 Å². The number of nitrogens with one attached hydrogen (secondary N) is 1. The monoisotopic (exact) mass is 469 g/mol. The van der Waals surface area contributed by atoms with Gasteiger partial charge in [-0.05, 0) is 71.6 Å². The van der Waals surface area contributed by atoms with Crippen molar-refractivity contribution in [2.24, 2.45) is 0 Å². The predicted molar refractivity (Wildman–Crippen MR) is 116 cm³/mol. The van der Waals surface area contributed by atoms with Gasteiger partial charge in [0.25, 0.3) is 5.91 Å². The molecule has 1 aromatic carbocycles. The Labute approximate surface area is 180 Å². The Balaban J connectivity index is 1.75. The van der Waals surface area contributed by atoms with E-state index in [2.05, 4.69) is 31.1 Å². The second kappa shape index (κ2) is 6.43. The number of pyridine rings is 1. The number of fused-ring (bicyclic) bond motifs is 2. The summed E-state index contributed by atoms with van der Waals surface area (Å²) in [5, 5.41) is 9.06. The van der Waals surface area contributed by atoms with Crippen molar-refractivity contribution in [3.8, 4) is 0 Å². The van der Waals surface area contributed by atoms with Gasteiger partial charge in [0.15, 0.2) is 5.65 Å². The van der Waals surface area contributed by atoms with Crippen LogP contribution in [0.15, 0.2) is 41.1 Å². The van der Waals surface area contributed by atoms with Crippen LogP contribution in [0, 0.1) is 20.8 Å². The van der Waals surface area contributed by atoms with E-state index in [9.17, 15) is 4.79 Å². The molecule has 0 spiro atoms. The van der Waals surface area contributed by atoms with Gasteiger partial charge in [0.2, 0.25) is 0 Å². The lowest BCUT2D eigenvalue weighted by Crippen LogP contribution is -2.29. The molecule has 0 bridgehead atoms. The first-order valence-corrected chi connectivity index (χ1v) is 10.3. The van der Waals surface area contributed by atoms with Gasteiger partial charge in [-0.1, -0.05) is 23.7 Å². The summed E-state index contributed by atoms with van der Waals surface area (Å²) in [5.41, 5.74) is 6.01. The van der Waals surface area contributed by atoms with Crippen molar-refractivity contribution >= 4 is 44.8 Å². The zero-order chi connectivity index (χ0) is 20.4. The molecule has 4 aromatic rings. The van der Waals surface area contributed by atoms with Crippen molar-refractivity contribution in [3.63, 3.8) is 0 Å². The van der Waals surface area contributed by atoms with E-state index >= 15 is 0 Å². The first kappa shape index (κ1) is 18.4. The Morgan fingerprint density at radius 2 is 1.86 bits per heavy atom. The molecule has 0 saturated heterocycles. The molecule has 0 fully saturated rings. The third-order valence-corrected chi connectivity index (χ3v) is 6.54. The number of aromatic amines is 1. The first-order valence-electron chi connectivity index (χ1n) is 9.15. The van der Waals surface area contributed by atoms with E-state index in [1.54, 1.807) is 0 Å². The number of nitrogens with zero attached hydrogens (tertiary/aromatic N) is 4. The number of halogens is 2. The van der Waals surface area contributed by atoms with E-state index in [0.717, 1.165) is 44.1 Å². The summed E-state index contributed by atoms with van der Waals surface area (Å²) in [4.78, 5) is 18.8. The number of rotatable bonds is 2. The summed E-state index contributed by atoms with van der Waals surface area (Å²) in [6.45, 7) is 5.82. The second-order valence-electron chi connectivity index (χ2n) is 7.30. The van der Waals surface area contributed by atoms with Gasteiger partial charge in [-0.15, -0.1) is 10.2 Å². The molecule has 0 aliphatic carbocycles. The van der Waals surface area contributed by atoms with Gasteiger partial charge >= 0.3 is 0 Å². The van der Waals surface area contributed by atoms with Crippen molar-refractivity contribution in [2.75, 3.05) is 4.90 Å². The summed E-state index contributed by atoms with van der Waals surface area (Å²) in [5.74, 6) is 0.737. The van der Waals surface area contributed by atoms with Crippen molar-refractivity contribution < 1.29 is 4.79 Å². The van der Waals surface area contributed by atoms with E-state index in [1.165, 1.54) is 0 Å². The number of aromatic nitrogens is 4. The molecule has 0 saturated carbocycles. The van der Waals surface area contributed by atoms with Crippen molar-refractivity contribution in [3.05, 3.63) is 79.9 Å². The predicted octanol–water partition coefficient (Wildman–Crippen LogP) is 5.15. The average Bonchev–Trinajstić information content (AvgIpc) is 3.29. The maximum absolute atomic E-state index is 13.6. The minimum Gasteiger partial charge on any atom is -0.350 e. The Morgan fingerprint density at radius 1 is 1.14 bits per heavy atom. The fourth-order valence-corrected chi connectivity index (χ4v) is 4.58. The highest BCUT2D eigenvalue weighted by atomic mass is 79.9. The van der Waals surface area contributed by atoms with Crippen LogP contribution < -0.4 is 4.90 Å². The van der Waals surface area contributed by atoms with Crippen LogP contribution in [0.3, 0.4) is 0 Å². The third kappa shape index (κ3) is 2.64. The largest absolute Gasteiger partial charge is 0.350 e. The zero-order valence-corrected chi connectivity index (χ0v) is 18.3. The summed E-state index contributed by atoms with van der Waals surface area (Å²) in [6.07, 6.45) is 1.93. The van der Waals surface area contributed by atoms with Gasteiger partial charge in [0, 0.05) is 11.2 Å². The maximum atomic E-state index is 13.6. The van der Waals surface area contributed by atoms with Gasteiger partial charge < -0.3 is 4.98 Å².